The average Bonchev–Trinajstić information content (AvgIpc) is 2.15. The third-order valence-electron chi connectivity index (χ3n) is 2.31. The lowest BCUT2D eigenvalue weighted by atomic mass is 10.2. The SMILES string of the molecule is CCO[Si](C)(CCN)OC(C)CCCN. The van der Waals surface area contributed by atoms with Crippen LogP contribution in [0.15, 0.2) is 0 Å². The maximum absolute atomic E-state index is 6.00. The molecule has 2 atom stereocenters. The summed E-state index contributed by atoms with van der Waals surface area (Å²) in [6.07, 6.45) is 2.22. The molecule has 0 fully saturated rings. The Morgan fingerprint density at radius 1 is 1.27 bits per heavy atom. The van der Waals surface area contributed by atoms with E-state index < -0.39 is 8.56 Å². The normalized spacial score (nSPS) is 17.4. The molecule has 0 saturated heterocycles. The second kappa shape index (κ2) is 8.24. The molecule has 15 heavy (non-hydrogen) atoms. The van der Waals surface area contributed by atoms with Gasteiger partial charge in [-0.15, -0.1) is 0 Å². The van der Waals surface area contributed by atoms with Crippen LogP contribution >= 0.6 is 0 Å². The van der Waals surface area contributed by atoms with E-state index in [1.807, 2.05) is 6.92 Å². The van der Waals surface area contributed by atoms with Gasteiger partial charge in [-0.1, -0.05) is 0 Å². The Balaban J connectivity index is 4.02. The van der Waals surface area contributed by atoms with Crippen molar-refractivity contribution in [1.29, 1.82) is 0 Å². The monoisotopic (exact) mass is 234 g/mol. The molecule has 0 rings (SSSR count). The Hall–Kier alpha value is 0.0569. The van der Waals surface area contributed by atoms with Crippen molar-refractivity contribution in [1.82, 2.24) is 0 Å². The maximum Gasteiger partial charge on any atom is 0.336 e. The van der Waals surface area contributed by atoms with Crippen LogP contribution in [0.5, 0.6) is 0 Å². The summed E-state index contributed by atoms with van der Waals surface area (Å²) in [7, 11) is -2.03. The van der Waals surface area contributed by atoms with Crippen LogP contribution in [0.1, 0.15) is 26.7 Å². The lowest BCUT2D eigenvalue weighted by Crippen LogP contribution is -2.43. The number of hydrogen-bond acceptors (Lipinski definition) is 4. The molecule has 2 unspecified atom stereocenters. The van der Waals surface area contributed by atoms with Crippen molar-refractivity contribution in [2.24, 2.45) is 11.5 Å². The minimum atomic E-state index is -2.03. The van der Waals surface area contributed by atoms with Crippen LogP contribution in [0.2, 0.25) is 12.6 Å². The fraction of sp³-hybridized carbons (Fsp3) is 1.00. The summed E-state index contributed by atoms with van der Waals surface area (Å²) in [5, 5.41) is 0. The summed E-state index contributed by atoms with van der Waals surface area (Å²) in [6.45, 7) is 8.21. The highest BCUT2D eigenvalue weighted by Gasteiger charge is 2.31. The average molecular weight is 234 g/mol. The standard InChI is InChI=1S/C10H26N2O2Si/c1-4-13-15(3,9-8-12)14-10(2)6-5-7-11/h10H,4-9,11-12H2,1-3H3. The van der Waals surface area contributed by atoms with Gasteiger partial charge in [0.15, 0.2) is 0 Å². The van der Waals surface area contributed by atoms with Gasteiger partial charge in [0.1, 0.15) is 0 Å². The molecule has 0 aliphatic heterocycles. The first-order valence-electron chi connectivity index (χ1n) is 5.80. The molecule has 0 radical (unpaired) electrons. The smallest absolute Gasteiger partial charge is 0.336 e. The summed E-state index contributed by atoms with van der Waals surface area (Å²) >= 11 is 0. The third-order valence-corrected chi connectivity index (χ3v) is 5.31. The van der Waals surface area contributed by atoms with Crippen molar-refractivity contribution in [3.8, 4) is 0 Å². The van der Waals surface area contributed by atoms with Gasteiger partial charge in [0.2, 0.25) is 0 Å². The van der Waals surface area contributed by atoms with Crippen molar-refractivity contribution in [2.45, 2.75) is 45.4 Å². The fourth-order valence-corrected chi connectivity index (χ4v) is 4.06. The van der Waals surface area contributed by atoms with E-state index in [0.717, 1.165) is 25.4 Å². The van der Waals surface area contributed by atoms with Gasteiger partial charge in [-0.3, -0.25) is 0 Å². The summed E-state index contributed by atoms with van der Waals surface area (Å²) < 4.78 is 11.7. The van der Waals surface area contributed by atoms with E-state index in [4.69, 9.17) is 20.3 Å². The van der Waals surface area contributed by atoms with Crippen molar-refractivity contribution in [3.63, 3.8) is 0 Å². The summed E-state index contributed by atoms with van der Waals surface area (Å²) in [4.78, 5) is 0. The molecule has 0 saturated carbocycles. The molecule has 5 heteroatoms. The van der Waals surface area contributed by atoms with Crippen LogP contribution in [0.4, 0.5) is 0 Å². The molecule has 0 bridgehead atoms. The number of hydrogen-bond donors (Lipinski definition) is 2. The van der Waals surface area contributed by atoms with Gasteiger partial charge in [-0.05, 0) is 46.3 Å². The Morgan fingerprint density at radius 2 is 1.93 bits per heavy atom. The topological polar surface area (TPSA) is 70.5 Å². The summed E-state index contributed by atoms with van der Waals surface area (Å²) in [6, 6.07) is 0.855. The van der Waals surface area contributed by atoms with Gasteiger partial charge >= 0.3 is 8.56 Å². The Labute approximate surface area is 94.6 Å². The lowest BCUT2D eigenvalue weighted by Gasteiger charge is -2.29. The molecule has 92 valence electrons. The second-order valence-corrected chi connectivity index (χ2v) is 7.26. The molecular formula is C10H26N2O2Si. The molecule has 4 nitrogen and oxygen atoms in total. The van der Waals surface area contributed by atoms with Crippen LogP contribution in [-0.2, 0) is 8.85 Å². The fourth-order valence-electron chi connectivity index (χ4n) is 1.62. The number of nitrogens with two attached hydrogens (primary N) is 2. The first kappa shape index (κ1) is 15.1. The lowest BCUT2D eigenvalue weighted by molar-refractivity contribution is 0.124. The van der Waals surface area contributed by atoms with E-state index in [9.17, 15) is 0 Å². The molecule has 0 aromatic rings. The quantitative estimate of drug-likeness (QED) is 0.588. The molecule has 0 aromatic carbocycles. The van der Waals surface area contributed by atoms with Crippen LogP contribution in [0, 0.1) is 0 Å². The molecule has 0 spiro atoms. The maximum atomic E-state index is 6.00. The van der Waals surface area contributed by atoms with Crippen molar-refractivity contribution in [3.05, 3.63) is 0 Å². The molecule has 0 amide bonds. The largest absolute Gasteiger partial charge is 0.395 e. The van der Waals surface area contributed by atoms with Crippen molar-refractivity contribution in [2.75, 3.05) is 19.7 Å². The number of rotatable bonds is 9. The van der Waals surface area contributed by atoms with Gasteiger partial charge in [-0.2, -0.15) is 0 Å². The van der Waals surface area contributed by atoms with E-state index in [-0.39, 0.29) is 6.10 Å². The van der Waals surface area contributed by atoms with Gasteiger partial charge in [0.05, 0.1) is 0 Å². The second-order valence-electron chi connectivity index (χ2n) is 3.96. The summed E-state index contributed by atoms with van der Waals surface area (Å²) in [5.74, 6) is 0. The van der Waals surface area contributed by atoms with Crippen LogP contribution < -0.4 is 11.5 Å². The molecule has 4 N–H and O–H groups in total. The first-order valence-corrected chi connectivity index (χ1v) is 8.32. The highest BCUT2D eigenvalue weighted by atomic mass is 28.4. The molecular weight excluding hydrogens is 208 g/mol. The van der Waals surface area contributed by atoms with E-state index in [2.05, 4.69) is 13.5 Å². The Bertz CT molecular complexity index is 152. The van der Waals surface area contributed by atoms with Crippen molar-refractivity contribution < 1.29 is 8.85 Å². The van der Waals surface area contributed by atoms with E-state index in [1.165, 1.54) is 0 Å². The Morgan fingerprint density at radius 3 is 2.40 bits per heavy atom. The molecule has 0 heterocycles. The van der Waals surface area contributed by atoms with Crippen LogP contribution in [0.3, 0.4) is 0 Å². The summed E-state index contributed by atoms with van der Waals surface area (Å²) in [5.41, 5.74) is 11.0. The molecule has 0 aliphatic carbocycles. The zero-order valence-corrected chi connectivity index (χ0v) is 11.3. The van der Waals surface area contributed by atoms with Gasteiger partial charge < -0.3 is 20.3 Å². The van der Waals surface area contributed by atoms with E-state index in [1.54, 1.807) is 0 Å². The Kier molecular flexibility index (Phi) is 8.27. The minimum absolute atomic E-state index is 0.225. The highest BCUT2D eigenvalue weighted by Crippen LogP contribution is 2.17. The molecule has 0 aliphatic rings. The molecule has 0 aromatic heterocycles. The van der Waals surface area contributed by atoms with Crippen LogP contribution in [0.25, 0.3) is 0 Å². The predicted octanol–water partition coefficient (Wildman–Crippen LogP) is 1.20. The van der Waals surface area contributed by atoms with E-state index in [0.29, 0.717) is 13.2 Å². The third kappa shape index (κ3) is 7.02. The van der Waals surface area contributed by atoms with E-state index >= 15 is 0 Å². The van der Waals surface area contributed by atoms with Crippen LogP contribution in [-0.4, -0.2) is 34.4 Å². The first-order chi connectivity index (χ1) is 7.08. The highest BCUT2D eigenvalue weighted by molar-refractivity contribution is 6.66. The predicted molar refractivity (Wildman–Crippen MR) is 65.9 cm³/mol. The van der Waals surface area contributed by atoms with Crippen molar-refractivity contribution >= 4 is 8.56 Å². The van der Waals surface area contributed by atoms with Gasteiger partial charge in [0.25, 0.3) is 0 Å². The zero-order valence-electron chi connectivity index (χ0n) is 10.3. The zero-order chi connectivity index (χ0) is 11.7. The van der Waals surface area contributed by atoms with Gasteiger partial charge in [-0.25, -0.2) is 0 Å². The minimum Gasteiger partial charge on any atom is -0.395 e. The van der Waals surface area contributed by atoms with Gasteiger partial charge in [0, 0.05) is 18.8 Å².